The molecule has 0 aliphatic carbocycles. The number of carbonyl (C=O) groups is 2. The lowest BCUT2D eigenvalue weighted by atomic mass is 9.96. The highest BCUT2D eigenvalue weighted by atomic mass is 35.5. The summed E-state index contributed by atoms with van der Waals surface area (Å²) in [6.45, 7) is 9.55. The maximum atomic E-state index is 13.4. The first-order valence-corrected chi connectivity index (χ1v) is 13.4. The molecule has 37 heavy (non-hydrogen) atoms. The molecule has 0 radical (unpaired) electrons. The number of rotatable bonds is 8. The summed E-state index contributed by atoms with van der Waals surface area (Å²) in [5.74, 6) is 0.0930. The van der Waals surface area contributed by atoms with Gasteiger partial charge in [0.25, 0.3) is 11.5 Å². The Bertz CT molecular complexity index is 1530. The van der Waals surface area contributed by atoms with Crippen LogP contribution in [0.5, 0.6) is 0 Å². The predicted octanol–water partition coefficient (Wildman–Crippen LogP) is 5.73. The smallest absolute Gasteiger partial charge is 0.254 e. The third kappa shape index (κ3) is 5.82. The minimum atomic E-state index is -0.713. The van der Waals surface area contributed by atoms with Crippen molar-refractivity contribution in [1.29, 1.82) is 0 Å². The van der Waals surface area contributed by atoms with Crippen molar-refractivity contribution in [1.82, 2.24) is 18.7 Å². The fraction of sp³-hybridized carbons (Fsp3) is 0.269. The molecule has 4 rings (SSSR count). The molecule has 0 bridgehead atoms. The van der Waals surface area contributed by atoms with Gasteiger partial charge in [-0.3, -0.25) is 19.0 Å². The number of thiophene rings is 1. The maximum absolute atomic E-state index is 13.4. The Morgan fingerprint density at radius 3 is 2.57 bits per heavy atom. The van der Waals surface area contributed by atoms with Gasteiger partial charge in [0.2, 0.25) is 0 Å². The lowest BCUT2D eigenvalue weighted by Gasteiger charge is -2.22. The van der Waals surface area contributed by atoms with Crippen molar-refractivity contribution in [2.45, 2.75) is 33.9 Å². The van der Waals surface area contributed by atoms with Gasteiger partial charge in [-0.25, -0.2) is 4.37 Å². The summed E-state index contributed by atoms with van der Waals surface area (Å²) in [5.41, 5.74) is 0.730. The minimum absolute atomic E-state index is 0.192. The quantitative estimate of drug-likeness (QED) is 0.258. The molecule has 0 saturated heterocycles. The van der Waals surface area contributed by atoms with Crippen molar-refractivity contribution >= 4 is 58.1 Å². The minimum Gasteiger partial charge on any atom is -0.354 e. The van der Waals surface area contributed by atoms with Crippen LogP contribution in [0.4, 0.5) is 5.82 Å². The number of aromatic nitrogens is 4. The van der Waals surface area contributed by atoms with Gasteiger partial charge in [0, 0.05) is 34.9 Å². The molecular formula is C26H26ClN5O3S2. The molecule has 0 aliphatic rings. The van der Waals surface area contributed by atoms with Gasteiger partial charge in [0.05, 0.1) is 34.9 Å². The molecule has 0 atom stereocenters. The van der Waals surface area contributed by atoms with E-state index < -0.39 is 5.41 Å². The van der Waals surface area contributed by atoms with Crippen LogP contribution in [0.25, 0.3) is 17.5 Å². The Morgan fingerprint density at radius 1 is 1.22 bits per heavy atom. The number of pyridine rings is 1. The van der Waals surface area contributed by atoms with E-state index in [2.05, 4.69) is 16.1 Å². The van der Waals surface area contributed by atoms with Crippen molar-refractivity contribution in [2.24, 2.45) is 5.41 Å². The summed E-state index contributed by atoms with van der Waals surface area (Å²) >= 11 is 8.74. The van der Waals surface area contributed by atoms with Crippen molar-refractivity contribution in [2.75, 3.05) is 11.9 Å². The molecule has 0 aliphatic heterocycles. The van der Waals surface area contributed by atoms with Crippen LogP contribution in [-0.2, 0) is 13.1 Å². The van der Waals surface area contributed by atoms with Gasteiger partial charge < -0.3 is 4.90 Å². The molecule has 0 aromatic carbocycles. The molecular weight excluding hydrogens is 530 g/mol. The van der Waals surface area contributed by atoms with Gasteiger partial charge in [-0.2, -0.15) is 9.78 Å². The Labute approximate surface area is 227 Å². The van der Waals surface area contributed by atoms with Crippen molar-refractivity contribution in [3.8, 4) is 11.4 Å². The third-order valence-corrected chi connectivity index (χ3v) is 7.44. The Kier molecular flexibility index (Phi) is 7.63. The molecule has 0 unspecified atom stereocenters. The summed E-state index contributed by atoms with van der Waals surface area (Å²) in [6.07, 6.45) is 3.04. The van der Waals surface area contributed by atoms with Crippen LogP contribution in [0.2, 0.25) is 4.34 Å². The van der Waals surface area contributed by atoms with Gasteiger partial charge in [-0.1, -0.05) is 45.0 Å². The summed E-state index contributed by atoms with van der Waals surface area (Å²) in [7, 11) is 1.86. The molecule has 0 saturated carbocycles. The first-order chi connectivity index (χ1) is 17.5. The highest BCUT2D eigenvalue weighted by Crippen LogP contribution is 2.30. The molecule has 0 spiro atoms. The van der Waals surface area contributed by atoms with Crippen molar-refractivity contribution < 1.29 is 9.59 Å². The molecule has 4 aromatic rings. The number of ketones is 1. The molecule has 8 nitrogen and oxygen atoms in total. The van der Waals surface area contributed by atoms with Gasteiger partial charge in [0.15, 0.2) is 5.78 Å². The maximum Gasteiger partial charge on any atom is 0.254 e. The lowest BCUT2D eigenvalue weighted by Crippen LogP contribution is -2.31. The van der Waals surface area contributed by atoms with E-state index in [1.54, 1.807) is 23.6 Å². The SMILES string of the molecule is C=Cc1cc(-c2cc(N(C)Cc3ccc(Cl)s3)n(C(=O)C(C)(C)C)n2)n(CC(=O)c2cnsc2)c(=O)c1. The van der Waals surface area contributed by atoms with Gasteiger partial charge >= 0.3 is 0 Å². The lowest BCUT2D eigenvalue weighted by molar-refractivity contribution is 0.0750. The van der Waals surface area contributed by atoms with Crippen LogP contribution in [0.3, 0.4) is 0 Å². The number of hydrogen-bond donors (Lipinski definition) is 0. The topological polar surface area (TPSA) is 90.1 Å². The number of hydrogen-bond acceptors (Lipinski definition) is 8. The zero-order valence-corrected chi connectivity index (χ0v) is 23.3. The summed E-state index contributed by atoms with van der Waals surface area (Å²) in [6, 6.07) is 8.68. The monoisotopic (exact) mass is 555 g/mol. The van der Waals surface area contributed by atoms with Gasteiger partial charge in [0.1, 0.15) is 11.5 Å². The molecule has 4 heterocycles. The van der Waals surface area contributed by atoms with Crippen molar-refractivity contribution in [3.63, 3.8) is 0 Å². The van der Waals surface area contributed by atoms with Crippen molar-refractivity contribution in [3.05, 3.63) is 79.2 Å². The van der Waals surface area contributed by atoms with E-state index in [1.165, 1.54) is 44.4 Å². The Hall–Kier alpha value is -3.34. The van der Waals surface area contributed by atoms with E-state index in [-0.39, 0.29) is 23.8 Å². The Balaban J connectivity index is 1.84. The molecule has 4 aromatic heterocycles. The van der Waals surface area contributed by atoms with Crippen LogP contribution >= 0.6 is 34.5 Å². The second-order valence-corrected chi connectivity index (χ2v) is 12.0. The average Bonchev–Trinajstić information content (AvgIpc) is 3.60. The molecule has 0 fully saturated rings. The van der Waals surface area contributed by atoms with E-state index in [9.17, 15) is 14.4 Å². The molecule has 11 heteroatoms. The van der Waals surface area contributed by atoms with Crippen LogP contribution in [-0.4, -0.2) is 37.5 Å². The number of anilines is 1. The second-order valence-electron chi connectivity index (χ2n) is 9.56. The molecule has 0 amide bonds. The zero-order valence-electron chi connectivity index (χ0n) is 20.9. The van der Waals surface area contributed by atoms with E-state index in [1.807, 2.05) is 44.9 Å². The highest BCUT2D eigenvalue weighted by Gasteiger charge is 2.29. The third-order valence-electron chi connectivity index (χ3n) is 5.64. The highest BCUT2D eigenvalue weighted by molar-refractivity contribution is 7.16. The second kappa shape index (κ2) is 10.6. The molecule has 192 valence electrons. The van der Waals surface area contributed by atoms with Crippen LogP contribution in [0.1, 0.15) is 46.4 Å². The normalized spacial score (nSPS) is 11.5. The Morgan fingerprint density at radius 2 is 1.97 bits per heavy atom. The summed E-state index contributed by atoms with van der Waals surface area (Å²) in [4.78, 5) is 42.3. The van der Waals surface area contributed by atoms with E-state index in [4.69, 9.17) is 11.6 Å². The van der Waals surface area contributed by atoms with Crippen LogP contribution in [0.15, 0.2) is 53.3 Å². The van der Waals surface area contributed by atoms with Crippen LogP contribution in [0, 0.1) is 5.41 Å². The average molecular weight is 556 g/mol. The summed E-state index contributed by atoms with van der Waals surface area (Å²) < 4.78 is 7.39. The number of nitrogens with zero attached hydrogens (tertiary/aromatic N) is 5. The van der Waals surface area contributed by atoms with Gasteiger partial charge in [-0.05, 0) is 35.3 Å². The molecule has 0 N–H and O–H groups in total. The number of halogens is 1. The number of Topliss-reactive ketones (excluding diaryl/α,β-unsaturated/α-hetero) is 1. The van der Waals surface area contributed by atoms with E-state index in [0.29, 0.717) is 39.2 Å². The summed E-state index contributed by atoms with van der Waals surface area (Å²) in [5, 5.41) is 6.29. The number of carbonyl (C=O) groups excluding carboxylic acids is 2. The van der Waals surface area contributed by atoms with Gasteiger partial charge in [-0.15, -0.1) is 11.3 Å². The fourth-order valence-electron chi connectivity index (χ4n) is 3.67. The zero-order chi connectivity index (χ0) is 26.9. The predicted molar refractivity (Wildman–Crippen MR) is 150 cm³/mol. The van der Waals surface area contributed by atoms with Crippen LogP contribution < -0.4 is 10.5 Å². The first-order valence-electron chi connectivity index (χ1n) is 11.4. The fourth-order valence-corrected chi connectivity index (χ4v) is 5.36. The van der Waals surface area contributed by atoms with E-state index >= 15 is 0 Å². The standard InChI is InChI=1S/C26H26ClN5O3S2/c1-6-16-9-20(31(24(34)10-16)14-21(33)17-12-28-36-15-17)19-11-23(32(29-19)25(35)26(2,3)4)30(5)13-18-7-8-22(27)37-18/h6-12,15H,1,13-14H2,2-5H3. The van der Waals surface area contributed by atoms with E-state index in [0.717, 1.165) is 4.88 Å². The largest absolute Gasteiger partial charge is 0.354 e. The first kappa shape index (κ1) is 26.7.